The minimum atomic E-state index is -0.484. The molecule has 0 radical (unpaired) electrons. The van der Waals surface area contributed by atoms with Crippen molar-refractivity contribution in [2.45, 2.75) is 6.42 Å². The fourth-order valence-corrected chi connectivity index (χ4v) is 3.15. The summed E-state index contributed by atoms with van der Waals surface area (Å²) >= 11 is 6.16. The summed E-state index contributed by atoms with van der Waals surface area (Å²) in [5.41, 5.74) is 1.57. The molecule has 1 saturated heterocycles. The van der Waals surface area contributed by atoms with Gasteiger partial charge >= 0.3 is 0 Å². The average Bonchev–Trinajstić information content (AvgIpc) is 3.03. The number of benzene rings is 2. The predicted molar refractivity (Wildman–Crippen MR) is 100 cm³/mol. The summed E-state index contributed by atoms with van der Waals surface area (Å²) in [5.74, 6) is -1.12. The topological polar surface area (TPSA) is 78.5 Å². The third-order valence-electron chi connectivity index (χ3n) is 4.26. The Balaban J connectivity index is 1.71. The number of nitrogens with zero attached hydrogens (tertiary/aromatic N) is 1. The number of para-hydroxylation sites is 1. The Bertz CT molecular complexity index is 869. The van der Waals surface area contributed by atoms with Crippen LogP contribution in [0.1, 0.15) is 16.8 Å². The lowest BCUT2D eigenvalue weighted by Gasteiger charge is -2.18. The fraction of sp³-hybridized carbons (Fsp3) is 0.211. The highest BCUT2D eigenvalue weighted by Gasteiger charge is 2.35. The molecular weight excluding hydrogens is 354 g/mol. The Morgan fingerprint density at radius 1 is 1.15 bits per heavy atom. The summed E-state index contributed by atoms with van der Waals surface area (Å²) < 4.78 is 0. The lowest BCUT2D eigenvalue weighted by atomic mass is 10.1. The molecule has 134 valence electrons. The van der Waals surface area contributed by atoms with Gasteiger partial charge in [0.25, 0.3) is 5.91 Å². The van der Waals surface area contributed by atoms with Gasteiger partial charge in [0.1, 0.15) is 0 Å². The lowest BCUT2D eigenvalue weighted by Crippen LogP contribution is -2.28. The summed E-state index contributed by atoms with van der Waals surface area (Å²) in [6.07, 6.45) is 0.117. The second-order valence-electron chi connectivity index (χ2n) is 6.01. The predicted octanol–water partition coefficient (Wildman–Crippen LogP) is 2.69. The Hall–Kier alpha value is -2.86. The average molecular weight is 372 g/mol. The number of hydrogen-bond acceptors (Lipinski definition) is 3. The fourth-order valence-electron chi connectivity index (χ4n) is 2.91. The highest BCUT2D eigenvalue weighted by atomic mass is 35.5. The van der Waals surface area contributed by atoms with Crippen molar-refractivity contribution >= 4 is 40.7 Å². The summed E-state index contributed by atoms with van der Waals surface area (Å²) in [6.45, 7) is 0.267. The maximum atomic E-state index is 12.5. The van der Waals surface area contributed by atoms with Gasteiger partial charge in [0.05, 0.1) is 16.6 Å². The third-order valence-corrected chi connectivity index (χ3v) is 4.58. The van der Waals surface area contributed by atoms with Crippen molar-refractivity contribution in [3.05, 3.63) is 59.1 Å². The zero-order valence-corrected chi connectivity index (χ0v) is 14.9. The number of nitrogens with one attached hydrogen (secondary N) is 2. The summed E-state index contributed by atoms with van der Waals surface area (Å²) in [4.78, 5) is 38.1. The van der Waals surface area contributed by atoms with Crippen LogP contribution in [0.2, 0.25) is 5.02 Å². The third kappa shape index (κ3) is 3.70. The molecule has 6 nitrogen and oxygen atoms in total. The Morgan fingerprint density at radius 3 is 2.65 bits per heavy atom. The Kier molecular flexibility index (Phi) is 5.23. The van der Waals surface area contributed by atoms with Gasteiger partial charge in [-0.05, 0) is 30.3 Å². The molecule has 0 aliphatic carbocycles. The van der Waals surface area contributed by atoms with Crippen LogP contribution in [0, 0.1) is 5.92 Å². The van der Waals surface area contributed by atoms with E-state index in [4.69, 9.17) is 11.6 Å². The molecule has 3 amide bonds. The molecule has 2 aromatic rings. The van der Waals surface area contributed by atoms with Crippen LogP contribution in [0.15, 0.2) is 48.5 Å². The summed E-state index contributed by atoms with van der Waals surface area (Å²) in [7, 11) is 1.54. The standard InChI is InChI=1S/C19H18ClN3O3/c1-21-18(25)12-5-4-6-14(9-12)22-19(26)13-10-17(24)23(11-13)16-8-3-2-7-15(16)20/h2-9,13H,10-11H2,1H3,(H,21,25)(H,22,26). The van der Waals surface area contributed by atoms with E-state index in [0.29, 0.717) is 22.0 Å². The Morgan fingerprint density at radius 2 is 1.92 bits per heavy atom. The van der Waals surface area contributed by atoms with Crippen LogP contribution in [0.4, 0.5) is 11.4 Å². The first kappa shape index (κ1) is 17.9. The van der Waals surface area contributed by atoms with E-state index in [-0.39, 0.29) is 30.7 Å². The molecule has 2 N–H and O–H groups in total. The second-order valence-corrected chi connectivity index (χ2v) is 6.41. The number of hydrogen-bond donors (Lipinski definition) is 2. The number of carbonyl (C=O) groups is 3. The Labute approximate surface area is 156 Å². The van der Waals surface area contributed by atoms with E-state index in [0.717, 1.165) is 0 Å². The van der Waals surface area contributed by atoms with Gasteiger partial charge in [-0.1, -0.05) is 29.8 Å². The molecular formula is C19H18ClN3O3. The molecule has 1 atom stereocenters. The summed E-state index contributed by atoms with van der Waals surface area (Å²) in [6, 6.07) is 13.7. The normalized spacial score (nSPS) is 16.5. The number of amides is 3. The molecule has 1 unspecified atom stereocenters. The van der Waals surface area contributed by atoms with Crippen LogP contribution in [0.5, 0.6) is 0 Å². The first-order valence-corrected chi connectivity index (χ1v) is 8.55. The highest BCUT2D eigenvalue weighted by Crippen LogP contribution is 2.31. The van der Waals surface area contributed by atoms with Gasteiger partial charge < -0.3 is 15.5 Å². The van der Waals surface area contributed by atoms with Crippen molar-refractivity contribution < 1.29 is 14.4 Å². The highest BCUT2D eigenvalue weighted by molar-refractivity contribution is 6.33. The van der Waals surface area contributed by atoms with Gasteiger partial charge in [-0.3, -0.25) is 14.4 Å². The molecule has 1 fully saturated rings. The number of halogens is 1. The number of carbonyl (C=O) groups excluding carboxylic acids is 3. The molecule has 2 aromatic carbocycles. The van der Waals surface area contributed by atoms with Crippen LogP contribution >= 0.6 is 11.6 Å². The molecule has 26 heavy (non-hydrogen) atoms. The molecule has 0 bridgehead atoms. The van der Waals surface area contributed by atoms with Gasteiger partial charge in [-0.2, -0.15) is 0 Å². The SMILES string of the molecule is CNC(=O)c1cccc(NC(=O)C2CC(=O)N(c3ccccc3Cl)C2)c1. The van der Waals surface area contributed by atoms with Crippen LogP contribution in [0.25, 0.3) is 0 Å². The van der Waals surface area contributed by atoms with E-state index in [1.807, 2.05) is 0 Å². The number of rotatable bonds is 4. The summed E-state index contributed by atoms with van der Waals surface area (Å²) in [5, 5.41) is 5.79. The van der Waals surface area contributed by atoms with E-state index in [1.165, 1.54) is 4.90 Å². The molecule has 1 heterocycles. The molecule has 0 aromatic heterocycles. The smallest absolute Gasteiger partial charge is 0.251 e. The second kappa shape index (κ2) is 7.58. The molecule has 1 aliphatic rings. The largest absolute Gasteiger partial charge is 0.355 e. The maximum absolute atomic E-state index is 12.5. The van der Waals surface area contributed by atoms with Gasteiger partial charge in [0.15, 0.2) is 0 Å². The minimum absolute atomic E-state index is 0.117. The van der Waals surface area contributed by atoms with Gasteiger partial charge in [-0.15, -0.1) is 0 Å². The molecule has 0 spiro atoms. The molecule has 0 saturated carbocycles. The van der Waals surface area contributed by atoms with Crippen molar-refractivity contribution in [3.63, 3.8) is 0 Å². The van der Waals surface area contributed by atoms with Crippen molar-refractivity contribution in [3.8, 4) is 0 Å². The quantitative estimate of drug-likeness (QED) is 0.867. The maximum Gasteiger partial charge on any atom is 0.251 e. The molecule has 3 rings (SSSR count). The zero-order chi connectivity index (χ0) is 18.7. The van der Waals surface area contributed by atoms with E-state index in [1.54, 1.807) is 55.6 Å². The van der Waals surface area contributed by atoms with Crippen molar-refractivity contribution in [1.82, 2.24) is 5.32 Å². The van der Waals surface area contributed by atoms with Gasteiger partial charge in [0, 0.05) is 31.3 Å². The van der Waals surface area contributed by atoms with Crippen molar-refractivity contribution in [1.29, 1.82) is 0 Å². The van der Waals surface area contributed by atoms with Gasteiger partial charge in [0.2, 0.25) is 11.8 Å². The lowest BCUT2D eigenvalue weighted by molar-refractivity contribution is -0.122. The van der Waals surface area contributed by atoms with E-state index in [9.17, 15) is 14.4 Å². The first-order valence-electron chi connectivity index (χ1n) is 8.17. The molecule has 7 heteroatoms. The van der Waals surface area contributed by atoms with Crippen molar-refractivity contribution in [2.24, 2.45) is 5.92 Å². The zero-order valence-electron chi connectivity index (χ0n) is 14.2. The minimum Gasteiger partial charge on any atom is -0.355 e. The van der Waals surface area contributed by atoms with Crippen LogP contribution < -0.4 is 15.5 Å². The van der Waals surface area contributed by atoms with Crippen LogP contribution in [0.3, 0.4) is 0 Å². The van der Waals surface area contributed by atoms with E-state index in [2.05, 4.69) is 10.6 Å². The number of anilines is 2. The van der Waals surface area contributed by atoms with Gasteiger partial charge in [-0.25, -0.2) is 0 Å². The van der Waals surface area contributed by atoms with Crippen LogP contribution in [-0.2, 0) is 9.59 Å². The van der Waals surface area contributed by atoms with E-state index < -0.39 is 5.92 Å². The monoisotopic (exact) mass is 371 g/mol. The van der Waals surface area contributed by atoms with E-state index >= 15 is 0 Å². The van der Waals surface area contributed by atoms with Crippen molar-refractivity contribution in [2.75, 3.05) is 23.8 Å². The first-order chi connectivity index (χ1) is 12.5. The van der Waals surface area contributed by atoms with Crippen LogP contribution in [-0.4, -0.2) is 31.3 Å². The molecule has 1 aliphatic heterocycles.